The van der Waals surface area contributed by atoms with Crippen LogP contribution < -0.4 is 10.1 Å². The highest BCUT2D eigenvalue weighted by molar-refractivity contribution is 8.01. The average Bonchev–Trinajstić information content (AvgIpc) is 2.28. The van der Waals surface area contributed by atoms with E-state index in [1.165, 1.54) is 16.9 Å². The van der Waals surface area contributed by atoms with Gasteiger partial charge < -0.3 is 10.1 Å². The summed E-state index contributed by atoms with van der Waals surface area (Å²) < 4.78 is 5.49. The van der Waals surface area contributed by atoms with Gasteiger partial charge in [0.2, 0.25) is 0 Å². The third-order valence-electron chi connectivity index (χ3n) is 3.42. The number of hydrogen-bond acceptors (Lipinski definition) is 3. The van der Waals surface area contributed by atoms with Crippen molar-refractivity contribution >= 4 is 11.8 Å². The van der Waals surface area contributed by atoms with Crippen LogP contribution in [-0.4, -0.2) is 26.0 Å². The molecule has 0 aromatic heterocycles. The lowest BCUT2D eigenvalue weighted by Gasteiger charge is -2.37. The van der Waals surface area contributed by atoms with Crippen LogP contribution in [0.3, 0.4) is 0 Å². The first-order valence-electron chi connectivity index (χ1n) is 6.14. The minimum atomic E-state index is 0.536. The zero-order valence-corrected chi connectivity index (χ0v) is 11.8. The topological polar surface area (TPSA) is 21.3 Å². The highest BCUT2D eigenvalue weighted by Crippen LogP contribution is 2.46. The predicted molar refractivity (Wildman–Crippen MR) is 75.1 cm³/mol. The van der Waals surface area contributed by atoms with Crippen LogP contribution in [0, 0.1) is 0 Å². The standard InChI is InChI=1S/C14H21NOS/c1-9(2)10-5-6-13(16-4)11(7-10)14-12(15-3)8-17-14/h5-7,9,12,14-15H,8H2,1-4H3. The van der Waals surface area contributed by atoms with Crippen molar-refractivity contribution in [3.05, 3.63) is 29.3 Å². The Morgan fingerprint density at radius 3 is 2.65 bits per heavy atom. The molecule has 1 aromatic rings. The third kappa shape index (κ3) is 2.45. The van der Waals surface area contributed by atoms with E-state index in [9.17, 15) is 0 Å². The van der Waals surface area contributed by atoms with E-state index in [-0.39, 0.29) is 0 Å². The summed E-state index contributed by atoms with van der Waals surface area (Å²) in [6.07, 6.45) is 0. The van der Waals surface area contributed by atoms with Gasteiger partial charge in [-0.15, -0.1) is 0 Å². The summed E-state index contributed by atoms with van der Waals surface area (Å²) in [5, 5.41) is 3.91. The van der Waals surface area contributed by atoms with Crippen LogP contribution in [0.2, 0.25) is 0 Å². The number of hydrogen-bond donors (Lipinski definition) is 1. The highest BCUT2D eigenvalue weighted by atomic mass is 32.2. The van der Waals surface area contributed by atoms with Crippen LogP contribution >= 0.6 is 11.8 Å². The van der Waals surface area contributed by atoms with Crippen molar-refractivity contribution in [3.8, 4) is 5.75 Å². The van der Waals surface area contributed by atoms with Crippen LogP contribution in [-0.2, 0) is 0 Å². The molecule has 1 aliphatic rings. The minimum Gasteiger partial charge on any atom is -0.496 e. The molecular weight excluding hydrogens is 230 g/mol. The molecule has 1 N–H and O–H groups in total. The van der Waals surface area contributed by atoms with Gasteiger partial charge in [-0.3, -0.25) is 0 Å². The third-order valence-corrected chi connectivity index (χ3v) is 4.91. The fourth-order valence-corrected chi connectivity index (χ4v) is 3.41. The van der Waals surface area contributed by atoms with Crippen molar-refractivity contribution in [2.75, 3.05) is 19.9 Å². The molecule has 0 aliphatic carbocycles. The average molecular weight is 251 g/mol. The molecule has 1 heterocycles. The van der Waals surface area contributed by atoms with Crippen molar-refractivity contribution in [1.82, 2.24) is 5.32 Å². The first-order chi connectivity index (χ1) is 8.17. The van der Waals surface area contributed by atoms with E-state index in [0.717, 1.165) is 5.75 Å². The Balaban J connectivity index is 2.32. The van der Waals surface area contributed by atoms with E-state index >= 15 is 0 Å². The number of ether oxygens (including phenoxy) is 1. The molecule has 0 radical (unpaired) electrons. The zero-order valence-electron chi connectivity index (χ0n) is 11.0. The molecule has 3 heteroatoms. The van der Waals surface area contributed by atoms with Crippen LogP contribution in [0.1, 0.15) is 36.1 Å². The second kappa shape index (κ2) is 5.32. The Labute approximate surface area is 108 Å². The van der Waals surface area contributed by atoms with Gasteiger partial charge in [-0.1, -0.05) is 26.0 Å². The number of likely N-dealkylation sites (N-methyl/N-ethyl adjacent to an activating group) is 1. The molecule has 1 aromatic carbocycles. The van der Waals surface area contributed by atoms with Gasteiger partial charge >= 0.3 is 0 Å². The molecule has 0 amide bonds. The van der Waals surface area contributed by atoms with Gasteiger partial charge in [-0.05, 0) is 24.6 Å². The molecule has 1 aliphatic heterocycles. The van der Waals surface area contributed by atoms with Gasteiger partial charge in [0.25, 0.3) is 0 Å². The summed E-state index contributed by atoms with van der Waals surface area (Å²) in [6.45, 7) is 4.46. The van der Waals surface area contributed by atoms with Gasteiger partial charge in [-0.25, -0.2) is 0 Å². The molecule has 0 spiro atoms. The summed E-state index contributed by atoms with van der Waals surface area (Å²) in [4.78, 5) is 0. The fraction of sp³-hybridized carbons (Fsp3) is 0.571. The van der Waals surface area contributed by atoms with E-state index in [2.05, 4.69) is 37.4 Å². The molecule has 2 unspecified atom stereocenters. The number of nitrogens with one attached hydrogen (secondary N) is 1. The van der Waals surface area contributed by atoms with E-state index < -0.39 is 0 Å². The minimum absolute atomic E-state index is 0.536. The normalized spacial score (nSPS) is 23.6. The van der Waals surface area contributed by atoms with Gasteiger partial charge in [0.1, 0.15) is 5.75 Å². The monoisotopic (exact) mass is 251 g/mol. The van der Waals surface area contributed by atoms with E-state index in [0.29, 0.717) is 17.2 Å². The SMILES string of the molecule is CNC1CSC1c1cc(C(C)C)ccc1OC. The Kier molecular flexibility index (Phi) is 4.00. The van der Waals surface area contributed by atoms with Crippen LogP contribution in [0.4, 0.5) is 0 Å². The molecule has 0 saturated carbocycles. The summed E-state index contributed by atoms with van der Waals surface area (Å²) in [5.41, 5.74) is 2.73. The lowest BCUT2D eigenvalue weighted by molar-refractivity contribution is 0.405. The zero-order chi connectivity index (χ0) is 12.4. The van der Waals surface area contributed by atoms with Crippen molar-refractivity contribution in [1.29, 1.82) is 0 Å². The quantitative estimate of drug-likeness (QED) is 0.888. The Morgan fingerprint density at radius 1 is 1.41 bits per heavy atom. The molecule has 1 saturated heterocycles. The molecule has 17 heavy (non-hydrogen) atoms. The van der Waals surface area contributed by atoms with Gasteiger partial charge in [-0.2, -0.15) is 11.8 Å². The molecular formula is C14H21NOS. The molecule has 2 rings (SSSR count). The number of rotatable bonds is 4. The van der Waals surface area contributed by atoms with Crippen LogP contribution in [0.25, 0.3) is 0 Å². The number of benzene rings is 1. The maximum absolute atomic E-state index is 5.49. The molecule has 94 valence electrons. The summed E-state index contributed by atoms with van der Waals surface area (Å²) in [5.74, 6) is 2.78. The van der Waals surface area contributed by atoms with Crippen molar-refractivity contribution in [3.63, 3.8) is 0 Å². The van der Waals surface area contributed by atoms with Crippen LogP contribution in [0.5, 0.6) is 5.75 Å². The fourth-order valence-electron chi connectivity index (χ4n) is 2.16. The first kappa shape index (κ1) is 12.8. The van der Waals surface area contributed by atoms with Crippen LogP contribution in [0.15, 0.2) is 18.2 Å². The van der Waals surface area contributed by atoms with E-state index in [1.54, 1.807) is 7.11 Å². The van der Waals surface area contributed by atoms with Gasteiger partial charge in [0.15, 0.2) is 0 Å². The van der Waals surface area contributed by atoms with E-state index in [1.807, 2.05) is 18.8 Å². The lowest BCUT2D eigenvalue weighted by atomic mass is 9.96. The summed E-state index contributed by atoms with van der Waals surface area (Å²) in [7, 11) is 3.79. The maximum Gasteiger partial charge on any atom is 0.123 e. The lowest BCUT2D eigenvalue weighted by Crippen LogP contribution is -2.40. The Hall–Kier alpha value is -0.670. The van der Waals surface area contributed by atoms with Crippen molar-refractivity contribution < 1.29 is 4.74 Å². The molecule has 1 fully saturated rings. The largest absolute Gasteiger partial charge is 0.496 e. The highest BCUT2D eigenvalue weighted by Gasteiger charge is 2.33. The number of methoxy groups -OCH3 is 1. The van der Waals surface area contributed by atoms with Gasteiger partial charge in [0.05, 0.1) is 7.11 Å². The predicted octanol–water partition coefficient (Wildman–Crippen LogP) is 3.19. The smallest absolute Gasteiger partial charge is 0.123 e. The molecule has 2 nitrogen and oxygen atoms in total. The Bertz CT molecular complexity index is 390. The van der Waals surface area contributed by atoms with Crippen molar-refractivity contribution in [2.45, 2.75) is 31.1 Å². The van der Waals surface area contributed by atoms with Gasteiger partial charge in [0, 0.05) is 22.6 Å². The summed E-state index contributed by atoms with van der Waals surface area (Å²) >= 11 is 2.00. The van der Waals surface area contributed by atoms with E-state index in [4.69, 9.17) is 4.74 Å². The maximum atomic E-state index is 5.49. The second-order valence-corrected chi connectivity index (χ2v) is 5.98. The summed E-state index contributed by atoms with van der Waals surface area (Å²) in [6, 6.07) is 7.17. The molecule has 2 atom stereocenters. The first-order valence-corrected chi connectivity index (χ1v) is 7.19. The van der Waals surface area contributed by atoms with Crippen molar-refractivity contribution in [2.24, 2.45) is 0 Å². The number of thioether (sulfide) groups is 1. The Morgan fingerprint density at radius 2 is 2.18 bits per heavy atom. The molecule has 0 bridgehead atoms. The second-order valence-electron chi connectivity index (χ2n) is 4.81.